The fraction of sp³-hybridized carbons (Fsp3) is 0.462. The van der Waals surface area contributed by atoms with Crippen molar-refractivity contribution in [2.45, 2.75) is 58.9 Å². The van der Waals surface area contributed by atoms with Gasteiger partial charge in [-0.2, -0.15) is 0 Å². The van der Waals surface area contributed by atoms with Crippen molar-refractivity contribution in [2.24, 2.45) is 5.92 Å². The molecule has 5 heteroatoms. The van der Waals surface area contributed by atoms with Crippen LogP contribution in [0, 0.1) is 12.8 Å². The Bertz CT molecular complexity index is 942. The van der Waals surface area contributed by atoms with Crippen molar-refractivity contribution in [1.82, 2.24) is 4.90 Å². The number of fused-ring (bicyclic) bond motifs is 3. The molecule has 1 unspecified atom stereocenters. The van der Waals surface area contributed by atoms with Crippen LogP contribution < -0.4 is 5.32 Å². The molecule has 4 nitrogen and oxygen atoms in total. The third-order valence-electron chi connectivity index (χ3n) is 6.56. The number of amides is 1. The predicted octanol–water partition coefficient (Wildman–Crippen LogP) is 5.35. The number of hydrogen-bond acceptors (Lipinski definition) is 3. The highest BCUT2D eigenvalue weighted by atomic mass is 35.5. The average molecular weight is 441 g/mol. The average Bonchev–Trinajstić information content (AvgIpc) is 2.74. The summed E-state index contributed by atoms with van der Waals surface area (Å²) in [5.41, 5.74) is 6.46. The monoisotopic (exact) mass is 440 g/mol. The van der Waals surface area contributed by atoms with E-state index in [1.165, 1.54) is 11.1 Å². The van der Waals surface area contributed by atoms with E-state index in [2.05, 4.69) is 54.4 Å². The summed E-state index contributed by atoms with van der Waals surface area (Å²) in [5.74, 6) is 0.360. The number of hydrogen-bond donors (Lipinski definition) is 1. The zero-order valence-electron chi connectivity index (χ0n) is 18.6. The lowest BCUT2D eigenvalue weighted by Crippen LogP contribution is -2.37. The van der Waals surface area contributed by atoms with Crippen LogP contribution in [0.4, 0.5) is 5.69 Å². The molecule has 0 saturated carbocycles. The SMILES string of the molecule is CCCCN(Cc1ccccc1)CC1CCc2c(C)cc3c(c2C1=O)CCC(=O)N3.Cl. The Balaban J connectivity index is 0.00000272. The van der Waals surface area contributed by atoms with Gasteiger partial charge in [0.25, 0.3) is 0 Å². The van der Waals surface area contributed by atoms with E-state index in [-0.39, 0.29) is 30.0 Å². The van der Waals surface area contributed by atoms with Crippen LogP contribution in [0.25, 0.3) is 0 Å². The first-order valence-electron chi connectivity index (χ1n) is 11.3. The molecule has 0 saturated heterocycles. The Hall–Kier alpha value is -2.17. The normalized spacial score (nSPS) is 17.6. The standard InChI is InChI=1S/C26H32N2O2.ClH/c1-3-4-14-28(16-19-8-6-5-7-9-19)17-20-10-11-21-18(2)15-23-22(25(21)26(20)30)12-13-24(29)27-23;/h5-9,15,20H,3-4,10-14,16-17H2,1-2H3,(H,27,29);1H. The van der Waals surface area contributed by atoms with Gasteiger partial charge in [0.05, 0.1) is 0 Å². The van der Waals surface area contributed by atoms with Gasteiger partial charge in [0.15, 0.2) is 5.78 Å². The van der Waals surface area contributed by atoms with Gasteiger partial charge in [-0.1, -0.05) is 43.7 Å². The highest BCUT2D eigenvalue weighted by Gasteiger charge is 2.34. The number of aryl methyl sites for hydroxylation is 1. The van der Waals surface area contributed by atoms with Crippen molar-refractivity contribution in [3.05, 3.63) is 64.2 Å². The van der Waals surface area contributed by atoms with Crippen molar-refractivity contribution in [3.8, 4) is 0 Å². The highest BCUT2D eigenvalue weighted by Crippen LogP contribution is 2.37. The van der Waals surface area contributed by atoms with E-state index < -0.39 is 0 Å². The van der Waals surface area contributed by atoms with E-state index in [0.29, 0.717) is 12.8 Å². The van der Waals surface area contributed by atoms with Crippen molar-refractivity contribution in [1.29, 1.82) is 0 Å². The van der Waals surface area contributed by atoms with Gasteiger partial charge in [0, 0.05) is 36.7 Å². The summed E-state index contributed by atoms with van der Waals surface area (Å²) >= 11 is 0. The predicted molar refractivity (Wildman–Crippen MR) is 128 cm³/mol. The second-order valence-electron chi connectivity index (χ2n) is 8.80. The van der Waals surface area contributed by atoms with Gasteiger partial charge >= 0.3 is 0 Å². The Kier molecular flexibility index (Phi) is 7.90. The Labute approximate surface area is 191 Å². The summed E-state index contributed by atoms with van der Waals surface area (Å²) in [6.45, 7) is 6.99. The number of rotatable bonds is 7. The summed E-state index contributed by atoms with van der Waals surface area (Å²) in [7, 11) is 0. The molecule has 1 heterocycles. The summed E-state index contributed by atoms with van der Waals surface area (Å²) in [6.07, 6.45) is 5.30. The first-order chi connectivity index (χ1) is 14.6. The molecule has 1 aliphatic heterocycles. The summed E-state index contributed by atoms with van der Waals surface area (Å²) in [5, 5.41) is 2.99. The number of carbonyl (C=O) groups excluding carboxylic acids is 2. The van der Waals surface area contributed by atoms with E-state index in [9.17, 15) is 9.59 Å². The second kappa shape index (κ2) is 10.4. The molecule has 0 radical (unpaired) electrons. The molecule has 2 aromatic rings. The van der Waals surface area contributed by atoms with Crippen LogP contribution in [0.15, 0.2) is 36.4 Å². The quantitative estimate of drug-likeness (QED) is 0.631. The third kappa shape index (κ3) is 5.19. The lowest BCUT2D eigenvalue weighted by atomic mass is 9.76. The minimum absolute atomic E-state index is 0. The molecule has 2 aromatic carbocycles. The number of Topliss-reactive ketones (excluding diaryl/α,β-unsaturated/α-hetero) is 1. The number of nitrogens with one attached hydrogen (secondary N) is 1. The van der Waals surface area contributed by atoms with Gasteiger partial charge in [0.2, 0.25) is 5.91 Å². The lowest BCUT2D eigenvalue weighted by molar-refractivity contribution is -0.116. The molecule has 1 atom stereocenters. The minimum atomic E-state index is 0. The molecule has 4 rings (SSSR count). The molecule has 0 bridgehead atoms. The van der Waals surface area contributed by atoms with E-state index in [1.807, 2.05) is 6.07 Å². The Morgan fingerprint density at radius 3 is 2.58 bits per heavy atom. The summed E-state index contributed by atoms with van der Waals surface area (Å²) in [6, 6.07) is 12.6. The summed E-state index contributed by atoms with van der Waals surface area (Å²) < 4.78 is 0. The number of anilines is 1. The van der Waals surface area contributed by atoms with Crippen LogP contribution in [0.2, 0.25) is 0 Å². The van der Waals surface area contributed by atoms with Crippen LogP contribution >= 0.6 is 12.4 Å². The van der Waals surface area contributed by atoms with Gasteiger partial charge in [-0.15, -0.1) is 12.4 Å². The molecule has 166 valence electrons. The maximum atomic E-state index is 13.6. The largest absolute Gasteiger partial charge is 0.326 e. The number of halogens is 1. The maximum Gasteiger partial charge on any atom is 0.224 e. The highest BCUT2D eigenvalue weighted by molar-refractivity contribution is 6.05. The lowest BCUT2D eigenvalue weighted by Gasteiger charge is -2.33. The fourth-order valence-corrected chi connectivity index (χ4v) is 4.94. The van der Waals surface area contributed by atoms with Gasteiger partial charge in [-0.25, -0.2) is 0 Å². The van der Waals surface area contributed by atoms with E-state index >= 15 is 0 Å². The number of nitrogens with zero attached hydrogens (tertiary/aromatic N) is 1. The molecular weight excluding hydrogens is 408 g/mol. The van der Waals surface area contributed by atoms with Gasteiger partial charge in [-0.3, -0.25) is 14.5 Å². The zero-order chi connectivity index (χ0) is 21.1. The molecule has 1 aliphatic carbocycles. The Morgan fingerprint density at radius 1 is 1.06 bits per heavy atom. The third-order valence-corrected chi connectivity index (χ3v) is 6.56. The van der Waals surface area contributed by atoms with E-state index in [1.54, 1.807) is 0 Å². The van der Waals surface area contributed by atoms with Gasteiger partial charge in [-0.05, 0) is 67.5 Å². The first kappa shape index (κ1) is 23.5. The number of benzene rings is 2. The van der Waals surface area contributed by atoms with Crippen LogP contribution in [0.1, 0.15) is 65.2 Å². The van der Waals surface area contributed by atoms with Crippen molar-refractivity contribution in [2.75, 3.05) is 18.4 Å². The fourth-order valence-electron chi connectivity index (χ4n) is 4.94. The van der Waals surface area contributed by atoms with E-state index in [0.717, 1.165) is 67.7 Å². The molecule has 31 heavy (non-hydrogen) atoms. The maximum absolute atomic E-state index is 13.6. The molecular formula is C26H33ClN2O2. The van der Waals surface area contributed by atoms with Crippen LogP contribution in [-0.4, -0.2) is 29.7 Å². The van der Waals surface area contributed by atoms with Crippen LogP contribution in [-0.2, 0) is 24.2 Å². The Morgan fingerprint density at radius 2 is 1.84 bits per heavy atom. The topological polar surface area (TPSA) is 49.4 Å². The van der Waals surface area contributed by atoms with Crippen LogP contribution in [0.3, 0.4) is 0 Å². The molecule has 2 aliphatic rings. The number of unbranched alkanes of at least 4 members (excludes halogenated alkanes) is 1. The second-order valence-corrected chi connectivity index (χ2v) is 8.80. The summed E-state index contributed by atoms with van der Waals surface area (Å²) in [4.78, 5) is 28.0. The smallest absolute Gasteiger partial charge is 0.224 e. The number of ketones is 1. The first-order valence-corrected chi connectivity index (χ1v) is 11.3. The van der Waals surface area contributed by atoms with Gasteiger partial charge in [0.1, 0.15) is 0 Å². The van der Waals surface area contributed by atoms with Gasteiger partial charge < -0.3 is 5.32 Å². The van der Waals surface area contributed by atoms with Crippen molar-refractivity contribution < 1.29 is 9.59 Å². The number of carbonyl (C=O) groups is 2. The molecule has 0 fully saturated rings. The minimum Gasteiger partial charge on any atom is -0.326 e. The van der Waals surface area contributed by atoms with E-state index in [4.69, 9.17) is 0 Å². The van der Waals surface area contributed by atoms with Crippen LogP contribution in [0.5, 0.6) is 0 Å². The molecule has 1 amide bonds. The molecule has 0 aromatic heterocycles. The van der Waals surface area contributed by atoms with Crippen molar-refractivity contribution in [3.63, 3.8) is 0 Å². The molecule has 0 spiro atoms. The molecule has 1 N–H and O–H groups in total. The van der Waals surface area contributed by atoms with Crippen molar-refractivity contribution >= 4 is 29.8 Å². The zero-order valence-corrected chi connectivity index (χ0v) is 19.4.